The first kappa shape index (κ1) is 12.5. The summed E-state index contributed by atoms with van der Waals surface area (Å²) in [5.41, 5.74) is 1.39. The molecule has 1 atom stereocenters. The van der Waals surface area contributed by atoms with E-state index < -0.39 is 0 Å². The van der Waals surface area contributed by atoms with Gasteiger partial charge in [-0.1, -0.05) is 19.4 Å². The molecule has 0 fully saturated rings. The minimum Gasteiger partial charge on any atom is -0.294 e. The lowest BCUT2D eigenvalue weighted by molar-refractivity contribution is -0.119. The average molecular weight is 216 g/mol. The maximum Gasteiger partial charge on any atom is 0.160 e. The third-order valence-corrected chi connectivity index (χ3v) is 3.45. The maximum atomic E-state index is 11.9. The van der Waals surface area contributed by atoms with Gasteiger partial charge in [-0.25, -0.2) is 0 Å². The highest BCUT2D eigenvalue weighted by Gasteiger charge is 2.39. The van der Waals surface area contributed by atoms with Crippen LogP contribution in [0.4, 0.5) is 0 Å². The summed E-state index contributed by atoms with van der Waals surface area (Å²) in [5.74, 6) is 0.164. The molecule has 0 amide bonds. The minimum absolute atomic E-state index is 0.0678. The van der Waals surface area contributed by atoms with Gasteiger partial charge in [-0.05, 0) is 18.3 Å². The Hall–Kier alpha value is -1.61. The lowest BCUT2D eigenvalue weighted by Crippen LogP contribution is -2.34. The number of ketones is 1. The molecule has 0 bridgehead atoms. The van der Waals surface area contributed by atoms with Gasteiger partial charge in [0.2, 0.25) is 0 Å². The van der Waals surface area contributed by atoms with E-state index >= 15 is 0 Å². The molecule has 84 valence electrons. The van der Waals surface area contributed by atoms with E-state index in [4.69, 9.17) is 10.5 Å². The fraction of sp³-hybridized carbons (Fsp3) is 0.615. The number of Topliss-reactive ketones (excluding diaryl/α,β-unsaturated/α-hetero) is 1. The Morgan fingerprint density at radius 3 is 2.50 bits per heavy atom. The highest BCUT2D eigenvalue weighted by molar-refractivity contribution is 5.98. The molecule has 0 aromatic heterocycles. The van der Waals surface area contributed by atoms with Crippen molar-refractivity contribution in [2.75, 3.05) is 0 Å². The van der Waals surface area contributed by atoms with Crippen molar-refractivity contribution < 1.29 is 4.79 Å². The summed E-state index contributed by atoms with van der Waals surface area (Å²) in [5, 5.41) is 17.5. The van der Waals surface area contributed by atoms with Crippen LogP contribution in [0.5, 0.6) is 0 Å². The predicted octanol–water partition coefficient (Wildman–Crippen LogP) is 2.75. The Morgan fingerprint density at radius 1 is 1.38 bits per heavy atom. The van der Waals surface area contributed by atoms with Gasteiger partial charge in [-0.15, -0.1) is 0 Å². The fourth-order valence-electron chi connectivity index (χ4n) is 2.50. The Bertz CT molecular complexity index is 418. The lowest BCUT2D eigenvalue weighted by Gasteiger charge is -2.38. The zero-order chi connectivity index (χ0) is 12.3. The van der Waals surface area contributed by atoms with Crippen molar-refractivity contribution in [2.45, 2.75) is 40.0 Å². The predicted molar refractivity (Wildman–Crippen MR) is 60.1 cm³/mol. The molecule has 0 N–H and O–H groups in total. The standard InChI is InChI=1S/C13H16N2O/c1-9-10(4-6-14)12(16)8-13(2,3)11(9)5-7-15/h11H,4-5,8H2,1-3H3. The van der Waals surface area contributed by atoms with Crippen LogP contribution in [0.25, 0.3) is 0 Å². The van der Waals surface area contributed by atoms with Crippen LogP contribution >= 0.6 is 0 Å². The van der Waals surface area contributed by atoms with E-state index in [1.807, 2.05) is 26.8 Å². The van der Waals surface area contributed by atoms with Crippen LogP contribution in [0.2, 0.25) is 0 Å². The summed E-state index contributed by atoms with van der Waals surface area (Å²) >= 11 is 0. The van der Waals surface area contributed by atoms with E-state index in [0.29, 0.717) is 18.4 Å². The molecule has 0 aromatic rings. The summed E-state index contributed by atoms with van der Waals surface area (Å²) in [4.78, 5) is 11.9. The number of carbonyl (C=O) groups excluding carboxylic acids is 1. The van der Waals surface area contributed by atoms with Crippen molar-refractivity contribution in [1.82, 2.24) is 0 Å². The second-order valence-corrected chi connectivity index (χ2v) is 5.00. The van der Waals surface area contributed by atoms with E-state index in [9.17, 15) is 4.79 Å². The second kappa shape index (κ2) is 4.49. The molecular weight excluding hydrogens is 200 g/mol. The van der Waals surface area contributed by atoms with E-state index in [1.54, 1.807) is 0 Å². The molecule has 1 aliphatic rings. The third-order valence-electron chi connectivity index (χ3n) is 3.45. The van der Waals surface area contributed by atoms with Gasteiger partial charge in [-0.2, -0.15) is 10.5 Å². The quantitative estimate of drug-likeness (QED) is 0.712. The van der Waals surface area contributed by atoms with Crippen molar-refractivity contribution in [2.24, 2.45) is 11.3 Å². The van der Waals surface area contributed by atoms with Gasteiger partial charge >= 0.3 is 0 Å². The van der Waals surface area contributed by atoms with Crippen molar-refractivity contribution >= 4 is 5.78 Å². The highest BCUT2D eigenvalue weighted by atomic mass is 16.1. The third kappa shape index (κ3) is 2.14. The van der Waals surface area contributed by atoms with Crippen LogP contribution < -0.4 is 0 Å². The molecule has 0 saturated heterocycles. The molecule has 0 aromatic carbocycles. The molecule has 0 aliphatic heterocycles. The first-order chi connectivity index (χ1) is 7.44. The number of hydrogen-bond donors (Lipinski definition) is 0. The second-order valence-electron chi connectivity index (χ2n) is 5.00. The van der Waals surface area contributed by atoms with E-state index in [2.05, 4.69) is 6.07 Å². The van der Waals surface area contributed by atoms with Gasteiger partial charge in [-0.3, -0.25) is 4.79 Å². The Labute approximate surface area is 96.4 Å². The van der Waals surface area contributed by atoms with Crippen molar-refractivity contribution in [3.05, 3.63) is 11.1 Å². The first-order valence-electron chi connectivity index (χ1n) is 5.40. The van der Waals surface area contributed by atoms with Crippen LogP contribution in [-0.4, -0.2) is 5.78 Å². The summed E-state index contributed by atoms with van der Waals surface area (Å²) < 4.78 is 0. The summed E-state index contributed by atoms with van der Waals surface area (Å²) in [6.45, 7) is 5.91. The molecule has 1 aliphatic carbocycles. The summed E-state index contributed by atoms with van der Waals surface area (Å²) in [6.07, 6.45) is 1.03. The molecular formula is C13H16N2O. The fourth-order valence-corrected chi connectivity index (χ4v) is 2.50. The molecule has 0 radical (unpaired) electrons. The zero-order valence-electron chi connectivity index (χ0n) is 10.0. The van der Waals surface area contributed by atoms with E-state index in [-0.39, 0.29) is 23.5 Å². The molecule has 0 saturated carbocycles. The molecule has 1 unspecified atom stereocenters. The number of nitrogens with zero attached hydrogens (tertiary/aromatic N) is 2. The number of carbonyl (C=O) groups is 1. The van der Waals surface area contributed by atoms with Gasteiger partial charge in [0, 0.05) is 18.4 Å². The van der Waals surface area contributed by atoms with Gasteiger partial charge in [0.05, 0.1) is 18.6 Å². The minimum atomic E-state index is -0.171. The highest BCUT2D eigenvalue weighted by Crippen LogP contribution is 2.44. The van der Waals surface area contributed by atoms with Crippen LogP contribution in [0.15, 0.2) is 11.1 Å². The average Bonchev–Trinajstić information content (AvgIpc) is 2.18. The molecule has 16 heavy (non-hydrogen) atoms. The van der Waals surface area contributed by atoms with Gasteiger partial charge in [0.15, 0.2) is 5.78 Å². The van der Waals surface area contributed by atoms with E-state index in [0.717, 1.165) is 5.57 Å². The van der Waals surface area contributed by atoms with Crippen molar-refractivity contribution in [3.8, 4) is 12.1 Å². The van der Waals surface area contributed by atoms with Crippen LogP contribution in [0.3, 0.4) is 0 Å². The van der Waals surface area contributed by atoms with Crippen LogP contribution in [-0.2, 0) is 4.79 Å². The number of hydrogen-bond acceptors (Lipinski definition) is 3. The summed E-state index contributed by atoms with van der Waals surface area (Å²) in [7, 11) is 0. The van der Waals surface area contributed by atoms with Gasteiger partial charge in [0.1, 0.15) is 0 Å². The first-order valence-corrected chi connectivity index (χ1v) is 5.40. The maximum absolute atomic E-state index is 11.9. The molecule has 0 heterocycles. The number of rotatable bonds is 2. The Balaban J connectivity index is 3.19. The van der Waals surface area contributed by atoms with E-state index in [1.165, 1.54) is 0 Å². The van der Waals surface area contributed by atoms with Crippen molar-refractivity contribution in [1.29, 1.82) is 10.5 Å². The Morgan fingerprint density at radius 2 is 2.00 bits per heavy atom. The Kier molecular flexibility index (Phi) is 3.50. The smallest absolute Gasteiger partial charge is 0.160 e. The lowest BCUT2D eigenvalue weighted by atomic mass is 9.64. The van der Waals surface area contributed by atoms with Crippen LogP contribution in [0.1, 0.15) is 40.0 Å². The normalized spacial score (nSPS) is 23.8. The molecule has 1 rings (SSSR count). The SMILES string of the molecule is CC1=C(CC#N)C(=O)CC(C)(C)C1CC#N. The monoisotopic (exact) mass is 216 g/mol. The molecule has 0 spiro atoms. The van der Waals surface area contributed by atoms with Crippen LogP contribution in [0, 0.1) is 34.0 Å². The topological polar surface area (TPSA) is 64.7 Å². The largest absolute Gasteiger partial charge is 0.294 e. The number of allylic oxidation sites excluding steroid dienone is 2. The summed E-state index contributed by atoms with van der Waals surface area (Å²) in [6, 6.07) is 4.20. The zero-order valence-corrected chi connectivity index (χ0v) is 10.0. The van der Waals surface area contributed by atoms with Gasteiger partial charge in [0.25, 0.3) is 0 Å². The van der Waals surface area contributed by atoms with Crippen molar-refractivity contribution in [3.63, 3.8) is 0 Å². The molecule has 3 heteroatoms. The molecule has 3 nitrogen and oxygen atoms in total. The van der Waals surface area contributed by atoms with Gasteiger partial charge < -0.3 is 0 Å². The number of nitriles is 2.